The Morgan fingerprint density at radius 3 is 2.79 bits per heavy atom. The molecule has 0 N–H and O–H groups in total. The lowest BCUT2D eigenvalue weighted by atomic mass is 9.84. The van der Waals surface area contributed by atoms with Crippen LogP contribution in [-0.4, -0.2) is 34.0 Å². The minimum Gasteiger partial charge on any atom is -0.365 e. The molecule has 148 valence electrons. The highest BCUT2D eigenvalue weighted by Gasteiger charge is 2.43. The van der Waals surface area contributed by atoms with Gasteiger partial charge in [0.2, 0.25) is 0 Å². The number of hydrogen-bond acceptors (Lipinski definition) is 5. The first kappa shape index (κ1) is 18.9. The summed E-state index contributed by atoms with van der Waals surface area (Å²) in [4.78, 5) is 23.9. The van der Waals surface area contributed by atoms with Crippen molar-refractivity contribution in [1.82, 2.24) is 9.88 Å². The molecule has 5 nitrogen and oxygen atoms in total. The monoisotopic (exact) mass is 425 g/mol. The molecule has 29 heavy (non-hydrogen) atoms. The Balaban J connectivity index is 1.33. The number of rotatable bonds is 1. The molecule has 4 heterocycles. The number of pyridine rings is 1. The lowest BCUT2D eigenvalue weighted by Crippen LogP contribution is -2.44. The van der Waals surface area contributed by atoms with Gasteiger partial charge in [-0.1, -0.05) is 41.9 Å². The Bertz CT molecular complexity index is 1060. The Morgan fingerprint density at radius 1 is 1.21 bits per heavy atom. The van der Waals surface area contributed by atoms with Crippen molar-refractivity contribution in [1.29, 1.82) is 0 Å². The van der Waals surface area contributed by atoms with Crippen LogP contribution in [0.1, 0.15) is 36.5 Å². The van der Waals surface area contributed by atoms with Gasteiger partial charge in [0.25, 0.3) is 5.91 Å². The number of carbonyl (C=O) groups excluding carboxylic acids is 1. The topological polar surface area (TPSA) is 54.8 Å². The van der Waals surface area contributed by atoms with E-state index in [1.165, 1.54) is 22.9 Å². The van der Waals surface area contributed by atoms with Crippen LogP contribution in [0.15, 0.2) is 52.5 Å². The largest absolute Gasteiger partial charge is 0.365 e. The van der Waals surface area contributed by atoms with Crippen molar-refractivity contribution in [3.8, 4) is 0 Å². The number of allylic oxidation sites excluding steroid dienone is 1. The number of benzene rings is 1. The maximum Gasteiger partial charge on any atom is 0.286 e. The molecule has 0 aliphatic carbocycles. The van der Waals surface area contributed by atoms with E-state index in [-0.39, 0.29) is 11.5 Å². The number of carbonyl (C=O) groups is 1. The zero-order valence-corrected chi connectivity index (χ0v) is 17.6. The predicted octanol–water partition coefficient (Wildman–Crippen LogP) is 4.62. The van der Waals surface area contributed by atoms with Crippen LogP contribution in [0.4, 0.5) is 0 Å². The van der Waals surface area contributed by atoms with Gasteiger partial charge in [-0.3, -0.25) is 4.79 Å². The second-order valence-electron chi connectivity index (χ2n) is 7.52. The summed E-state index contributed by atoms with van der Waals surface area (Å²) >= 11 is 7.65. The lowest BCUT2D eigenvalue weighted by Gasteiger charge is -2.39. The zero-order chi connectivity index (χ0) is 20.0. The summed E-state index contributed by atoms with van der Waals surface area (Å²) in [5, 5.41) is 1.17. The second-order valence-corrected chi connectivity index (χ2v) is 8.86. The molecule has 2 aromatic rings. The third kappa shape index (κ3) is 3.19. The van der Waals surface area contributed by atoms with Crippen molar-refractivity contribution in [3.05, 3.63) is 69.3 Å². The Hall–Kier alpha value is -2.15. The van der Waals surface area contributed by atoms with Crippen LogP contribution in [0, 0.1) is 0 Å². The molecule has 1 aromatic heterocycles. The maximum atomic E-state index is 12.6. The smallest absolute Gasteiger partial charge is 0.286 e. The molecule has 5 rings (SSSR count). The summed E-state index contributed by atoms with van der Waals surface area (Å²) in [7, 11) is 0. The van der Waals surface area contributed by atoms with Crippen LogP contribution in [0.5, 0.6) is 0 Å². The molecular formula is C22H20ClN3O2S. The number of amides is 1. The third-order valence-electron chi connectivity index (χ3n) is 5.94. The molecule has 3 aliphatic heterocycles. The fraction of sp³-hybridized carbons (Fsp3) is 0.318. The van der Waals surface area contributed by atoms with Gasteiger partial charge in [0.1, 0.15) is 5.15 Å². The molecule has 7 heteroatoms. The standard InChI is InChI=1S/C22H20ClN3O2S/c1-14(16-6-4-10-24-19(16)23)18-20(27)25-21(29-18)26-11-8-22(9-12-26)17-7-3-2-5-15(17)13-28-22/h2-7,10H,8-9,11-13H2,1H3/b18-14+. The normalized spacial score (nSPS) is 22.1. The number of halogens is 1. The van der Waals surface area contributed by atoms with Crippen molar-refractivity contribution in [2.45, 2.75) is 32.0 Å². The van der Waals surface area contributed by atoms with E-state index in [0.29, 0.717) is 16.7 Å². The molecule has 0 atom stereocenters. The fourth-order valence-corrected chi connectivity index (χ4v) is 5.59. The highest BCUT2D eigenvalue weighted by Crippen LogP contribution is 2.45. The number of nitrogens with zero attached hydrogens (tertiary/aromatic N) is 3. The van der Waals surface area contributed by atoms with Crippen LogP contribution in [0.25, 0.3) is 5.57 Å². The molecule has 3 aliphatic rings. The van der Waals surface area contributed by atoms with Gasteiger partial charge < -0.3 is 9.64 Å². The Labute approximate surface area is 178 Å². The van der Waals surface area contributed by atoms with Gasteiger partial charge in [0.15, 0.2) is 5.17 Å². The van der Waals surface area contributed by atoms with E-state index in [1.54, 1.807) is 6.20 Å². The quantitative estimate of drug-likeness (QED) is 0.493. The summed E-state index contributed by atoms with van der Waals surface area (Å²) in [6.45, 7) is 4.21. The molecule has 0 radical (unpaired) electrons. The summed E-state index contributed by atoms with van der Waals surface area (Å²) in [5.74, 6) is -0.204. The predicted molar refractivity (Wildman–Crippen MR) is 116 cm³/mol. The first-order chi connectivity index (χ1) is 14.1. The average Bonchev–Trinajstić information content (AvgIpc) is 3.30. The van der Waals surface area contributed by atoms with Crippen LogP contribution >= 0.6 is 23.4 Å². The number of likely N-dealkylation sites (tertiary alicyclic amines) is 1. The number of hydrogen-bond donors (Lipinski definition) is 0. The zero-order valence-electron chi connectivity index (χ0n) is 16.0. The van der Waals surface area contributed by atoms with E-state index in [4.69, 9.17) is 16.3 Å². The summed E-state index contributed by atoms with van der Waals surface area (Å²) in [6.07, 6.45) is 3.43. The number of fused-ring (bicyclic) bond motifs is 2. The van der Waals surface area contributed by atoms with Gasteiger partial charge in [-0.05, 0) is 54.3 Å². The van der Waals surface area contributed by atoms with Gasteiger partial charge in [-0.2, -0.15) is 4.99 Å². The molecule has 1 fully saturated rings. The maximum absolute atomic E-state index is 12.6. The van der Waals surface area contributed by atoms with Gasteiger partial charge in [-0.25, -0.2) is 4.98 Å². The van der Waals surface area contributed by atoms with Gasteiger partial charge in [-0.15, -0.1) is 0 Å². The number of piperidine rings is 1. The number of thioether (sulfide) groups is 1. The van der Waals surface area contributed by atoms with Crippen LogP contribution in [0.2, 0.25) is 5.15 Å². The molecule has 0 bridgehead atoms. The van der Waals surface area contributed by atoms with E-state index < -0.39 is 0 Å². The second kappa shape index (κ2) is 7.27. The van der Waals surface area contributed by atoms with Gasteiger partial charge in [0.05, 0.1) is 17.1 Å². The molecule has 1 amide bonds. The van der Waals surface area contributed by atoms with E-state index in [1.807, 2.05) is 19.1 Å². The molecule has 0 unspecified atom stereocenters. The number of ether oxygens (including phenoxy) is 1. The van der Waals surface area contributed by atoms with E-state index in [0.717, 1.165) is 42.2 Å². The highest BCUT2D eigenvalue weighted by atomic mass is 35.5. The van der Waals surface area contributed by atoms with Crippen molar-refractivity contribution < 1.29 is 9.53 Å². The fourth-order valence-electron chi connectivity index (χ4n) is 4.31. The Morgan fingerprint density at radius 2 is 2.00 bits per heavy atom. The van der Waals surface area contributed by atoms with E-state index >= 15 is 0 Å². The third-order valence-corrected chi connectivity index (χ3v) is 7.46. The molecule has 1 saturated heterocycles. The summed E-state index contributed by atoms with van der Waals surface area (Å²) in [6, 6.07) is 12.2. The molecule has 1 aromatic carbocycles. The summed E-state index contributed by atoms with van der Waals surface area (Å²) in [5.41, 5.74) is 4.00. The number of aromatic nitrogens is 1. The van der Waals surface area contributed by atoms with Crippen molar-refractivity contribution in [2.24, 2.45) is 4.99 Å². The van der Waals surface area contributed by atoms with E-state index in [9.17, 15) is 4.79 Å². The van der Waals surface area contributed by atoms with Crippen molar-refractivity contribution in [2.75, 3.05) is 13.1 Å². The number of amidine groups is 1. The minimum atomic E-state index is -0.204. The minimum absolute atomic E-state index is 0.196. The lowest BCUT2D eigenvalue weighted by molar-refractivity contribution is -0.113. The average molecular weight is 426 g/mol. The van der Waals surface area contributed by atoms with E-state index in [2.05, 4.69) is 39.1 Å². The van der Waals surface area contributed by atoms with Crippen molar-refractivity contribution >= 4 is 40.0 Å². The highest BCUT2D eigenvalue weighted by molar-refractivity contribution is 8.18. The molecular weight excluding hydrogens is 406 g/mol. The van der Waals surface area contributed by atoms with Crippen LogP contribution < -0.4 is 0 Å². The summed E-state index contributed by atoms with van der Waals surface area (Å²) < 4.78 is 6.24. The first-order valence-corrected chi connectivity index (χ1v) is 10.9. The van der Waals surface area contributed by atoms with Crippen LogP contribution in [0.3, 0.4) is 0 Å². The first-order valence-electron chi connectivity index (χ1n) is 9.67. The van der Waals surface area contributed by atoms with Crippen molar-refractivity contribution in [3.63, 3.8) is 0 Å². The Kier molecular flexibility index (Phi) is 4.73. The SMILES string of the molecule is C/C(=C1\SC(N2CCC3(CC2)OCc2ccccc23)=NC1=O)c1cccnc1Cl. The number of aliphatic imine (C=N–C) groups is 1. The molecule has 0 saturated carbocycles. The van der Waals surface area contributed by atoms with Crippen LogP contribution in [-0.2, 0) is 21.7 Å². The molecule has 1 spiro atoms. The van der Waals surface area contributed by atoms with Gasteiger partial charge >= 0.3 is 0 Å². The van der Waals surface area contributed by atoms with Gasteiger partial charge in [0, 0.05) is 24.8 Å².